The van der Waals surface area contributed by atoms with E-state index in [0.717, 1.165) is 19.0 Å². The minimum absolute atomic E-state index is 0.261. The van der Waals surface area contributed by atoms with E-state index < -0.39 is 0 Å². The Labute approximate surface area is 92.8 Å². The molecule has 2 nitrogen and oxygen atoms in total. The molecule has 0 saturated carbocycles. The largest absolute Gasteiger partial charge is 0.392 e. The van der Waals surface area contributed by atoms with Gasteiger partial charge in [0.15, 0.2) is 0 Å². The lowest BCUT2D eigenvalue weighted by molar-refractivity contribution is 0.222. The van der Waals surface area contributed by atoms with Crippen molar-refractivity contribution in [3.8, 4) is 0 Å². The van der Waals surface area contributed by atoms with Gasteiger partial charge in [0.2, 0.25) is 0 Å². The standard InChI is InChI=1S/C11H22N2S/c1-8(10(12)14)13-6-5-9(7-13)11(2,3)4/h8-9H,5-7H2,1-4H3,(H2,12,14). The average Bonchev–Trinajstić information content (AvgIpc) is 2.49. The lowest BCUT2D eigenvalue weighted by Gasteiger charge is -2.28. The summed E-state index contributed by atoms with van der Waals surface area (Å²) in [6.45, 7) is 11.3. The second kappa shape index (κ2) is 4.15. The van der Waals surface area contributed by atoms with Crippen LogP contribution in [0.2, 0.25) is 0 Å². The van der Waals surface area contributed by atoms with Gasteiger partial charge in [-0.1, -0.05) is 33.0 Å². The Bertz CT molecular complexity index is 220. The topological polar surface area (TPSA) is 29.3 Å². The van der Waals surface area contributed by atoms with Crippen LogP contribution < -0.4 is 5.73 Å². The van der Waals surface area contributed by atoms with Crippen molar-refractivity contribution in [3.05, 3.63) is 0 Å². The molecule has 1 aliphatic rings. The molecule has 2 N–H and O–H groups in total. The van der Waals surface area contributed by atoms with Crippen molar-refractivity contribution in [3.63, 3.8) is 0 Å². The van der Waals surface area contributed by atoms with Gasteiger partial charge in [-0.05, 0) is 31.2 Å². The summed E-state index contributed by atoms with van der Waals surface area (Å²) in [6, 6.07) is 0.261. The highest BCUT2D eigenvalue weighted by Gasteiger charge is 2.33. The molecule has 1 saturated heterocycles. The summed E-state index contributed by atoms with van der Waals surface area (Å²) < 4.78 is 0. The number of thiocarbonyl (C=S) groups is 1. The molecule has 0 aliphatic carbocycles. The maximum Gasteiger partial charge on any atom is 0.0899 e. The number of hydrogen-bond donors (Lipinski definition) is 1. The fourth-order valence-electron chi connectivity index (χ4n) is 2.03. The van der Waals surface area contributed by atoms with E-state index in [-0.39, 0.29) is 6.04 Å². The Balaban J connectivity index is 2.53. The molecule has 3 heteroatoms. The summed E-state index contributed by atoms with van der Waals surface area (Å²) >= 11 is 5.02. The minimum atomic E-state index is 0.261. The number of nitrogens with zero attached hydrogens (tertiary/aromatic N) is 1. The van der Waals surface area contributed by atoms with Gasteiger partial charge in [0.05, 0.1) is 11.0 Å². The maximum absolute atomic E-state index is 5.66. The molecule has 1 heterocycles. The first-order valence-electron chi connectivity index (χ1n) is 5.35. The Morgan fingerprint density at radius 1 is 1.50 bits per heavy atom. The first-order valence-corrected chi connectivity index (χ1v) is 5.76. The van der Waals surface area contributed by atoms with Gasteiger partial charge in [0.25, 0.3) is 0 Å². The van der Waals surface area contributed by atoms with Crippen LogP contribution in [0, 0.1) is 11.3 Å². The van der Waals surface area contributed by atoms with Gasteiger partial charge >= 0.3 is 0 Å². The molecule has 14 heavy (non-hydrogen) atoms. The zero-order valence-corrected chi connectivity index (χ0v) is 10.5. The molecule has 0 aromatic rings. The van der Waals surface area contributed by atoms with Gasteiger partial charge in [-0.2, -0.15) is 0 Å². The van der Waals surface area contributed by atoms with Gasteiger partial charge in [-0.15, -0.1) is 0 Å². The molecule has 0 radical (unpaired) electrons. The molecule has 0 spiro atoms. The molecule has 0 bridgehead atoms. The summed E-state index contributed by atoms with van der Waals surface area (Å²) in [5.41, 5.74) is 6.07. The third-order valence-corrected chi connectivity index (χ3v) is 3.75. The van der Waals surface area contributed by atoms with Crippen LogP contribution in [0.25, 0.3) is 0 Å². The Morgan fingerprint density at radius 2 is 2.07 bits per heavy atom. The quantitative estimate of drug-likeness (QED) is 0.713. The molecule has 1 aliphatic heterocycles. The van der Waals surface area contributed by atoms with E-state index in [1.54, 1.807) is 0 Å². The van der Waals surface area contributed by atoms with E-state index in [4.69, 9.17) is 18.0 Å². The second-order valence-corrected chi connectivity index (χ2v) is 5.90. The maximum atomic E-state index is 5.66. The van der Waals surface area contributed by atoms with Gasteiger partial charge in [-0.3, -0.25) is 4.90 Å². The van der Waals surface area contributed by atoms with Crippen molar-refractivity contribution in [2.24, 2.45) is 17.1 Å². The van der Waals surface area contributed by atoms with E-state index in [1.165, 1.54) is 6.42 Å². The van der Waals surface area contributed by atoms with Crippen LogP contribution in [-0.4, -0.2) is 29.0 Å². The molecular weight excluding hydrogens is 192 g/mol. The Morgan fingerprint density at radius 3 is 2.43 bits per heavy atom. The first-order chi connectivity index (χ1) is 6.32. The number of likely N-dealkylation sites (tertiary alicyclic amines) is 1. The van der Waals surface area contributed by atoms with E-state index in [0.29, 0.717) is 10.4 Å². The van der Waals surface area contributed by atoms with Crippen LogP contribution in [0.4, 0.5) is 0 Å². The SMILES string of the molecule is CC(C(N)=S)N1CCC(C(C)(C)C)C1. The van der Waals surface area contributed by atoms with E-state index in [1.807, 2.05) is 0 Å². The Kier molecular flexibility index (Phi) is 3.53. The Hall–Kier alpha value is -0.150. The van der Waals surface area contributed by atoms with Gasteiger partial charge < -0.3 is 5.73 Å². The van der Waals surface area contributed by atoms with Crippen LogP contribution in [-0.2, 0) is 0 Å². The van der Waals surface area contributed by atoms with Crippen molar-refractivity contribution in [1.29, 1.82) is 0 Å². The molecule has 0 aromatic carbocycles. The monoisotopic (exact) mass is 214 g/mol. The number of rotatable bonds is 2. The van der Waals surface area contributed by atoms with Crippen molar-refractivity contribution in [1.82, 2.24) is 4.90 Å². The summed E-state index contributed by atoms with van der Waals surface area (Å²) in [5.74, 6) is 0.777. The van der Waals surface area contributed by atoms with Crippen molar-refractivity contribution >= 4 is 17.2 Å². The highest BCUT2D eigenvalue weighted by Crippen LogP contribution is 2.34. The summed E-state index contributed by atoms with van der Waals surface area (Å²) in [5, 5.41) is 0. The summed E-state index contributed by atoms with van der Waals surface area (Å²) in [4.78, 5) is 3.03. The van der Waals surface area contributed by atoms with E-state index in [2.05, 4.69) is 32.6 Å². The third-order valence-electron chi connectivity index (χ3n) is 3.40. The van der Waals surface area contributed by atoms with Crippen molar-refractivity contribution in [2.75, 3.05) is 13.1 Å². The third kappa shape index (κ3) is 2.67. The van der Waals surface area contributed by atoms with Crippen LogP contribution in [0.5, 0.6) is 0 Å². The van der Waals surface area contributed by atoms with Crippen LogP contribution in [0.3, 0.4) is 0 Å². The average molecular weight is 214 g/mol. The first kappa shape index (κ1) is 11.9. The van der Waals surface area contributed by atoms with Crippen molar-refractivity contribution < 1.29 is 0 Å². The highest BCUT2D eigenvalue weighted by molar-refractivity contribution is 7.80. The predicted octanol–water partition coefficient (Wildman–Crippen LogP) is 2.03. The summed E-state index contributed by atoms with van der Waals surface area (Å²) in [7, 11) is 0. The molecular formula is C11H22N2S. The molecule has 82 valence electrons. The number of nitrogens with two attached hydrogens (primary N) is 1. The molecule has 0 amide bonds. The van der Waals surface area contributed by atoms with E-state index in [9.17, 15) is 0 Å². The van der Waals surface area contributed by atoms with Crippen LogP contribution in [0.15, 0.2) is 0 Å². The van der Waals surface area contributed by atoms with Crippen molar-refractivity contribution in [2.45, 2.75) is 40.2 Å². The van der Waals surface area contributed by atoms with Crippen LogP contribution >= 0.6 is 12.2 Å². The lowest BCUT2D eigenvalue weighted by Crippen LogP contribution is -2.40. The fourth-order valence-corrected chi connectivity index (χ4v) is 2.17. The molecule has 2 atom stereocenters. The molecule has 2 unspecified atom stereocenters. The minimum Gasteiger partial charge on any atom is -0.392 e. The second-order valence-electron chi connectivity index (χ2n) is 5.42. The zero-order valence-electron chi connectivity index (χ0n) is 9.71. The molecule has 1 rings (SSSR count). The predicted molar refractivity (Wildman–Crippen MR) is 65.4 cm³/mol. The number of hydrogen-bond acceptors (Lipinski definition) is 2. The fraction of sp³-hybridized carbons (Fsp3) is 0.909. The molecule has 1 fully saturated rings. The lowest BCUT2D eigenvalue weighted by atomic mass is 9.80. The van der Waals surface area contributed by atoms with Crippen LogP contribution in [0.1, 0.15) is 34.1 Å². The molecule has 0 aromatic heterocycles. The summed E-state index contributed by atoms with van der Waals surface area (Å²) in [6.07, 6.45) is 1.27. The van der Waals surface area contributed by atoms with E-state index >= 15 is 0 Å². The highest BCUT2D eigenvalue weighted by atomic mass is 32.1. The zero-order chi connectivity index (χ0) is 10.9. The smallest absolute Gasteiger partial charge is 0.0899 e. The van der Waals surface area contributed by atoms with Gasteiger partial charge in [0, 0.05) is 6.54 Å². The van der Waals surface area contributed by atoms with Gasteiger partial charge in [-0.25, -0.2) is 0 Å². The van der Waals surface area contributed by atoms with Gasteiger partial charge in [0.1, 0.15) is 0 Å². The normalized spacial score (nSPS) is 26.4.